The van der Waals surface area contributed by atoms with E-state index in [9.17, 15) is 0 Å². The van der Waals surface area contributed by atoms with E-state index in [0.29, 0.717) is 17.5 Å². The first kappa shape index (κ1) is 27.9. The van der Waals surface area contributed by atoms with Crippen molar-refractivity contribution in [2.24, 2.45) is 0 Å². The van der Waals surface area contributed by atoms with Crippen LogP contribution in [0.1, 0.15) is 0 Å². The first-order valence-corrected chi connectivity index (χ1v) is 16.9. The van der Waals surface area contributed by atoms with Gasteiger partial charge in [0.1, 0.15) is 22.3 Å². The maximum absolute atomic E-state index is 6.69. The van der Waals surface area contributed by atoms with Crippen molar-refractivity contribution in [3.05, 3.63) is 158 Å². The van der Waals surface area contributed by atoms with Crippen LogP contribution in [0.15, 0.2) is 167 Å². The minimum atomic E-state index is 0.555. The highest BCUT2D eigenvalue weighted by molar-refractivity contribution is 6.17. The predicted octanol–water partition coefficient (Wildman–Crippen LogP) is 11.8. The van der Waals surface area contributed by atoms with Gasteiger partial charge >= 0.3 is 0 Å². The van der Waals surface area contributed by atoms with E-state index in [2.05, 4.69) is 89.5 Å². The van der Waals surface area contributed by atoms with Crippen LogP contribution in [-0.4, -0.2) is 19.5 Å². The van der Waals surface area contributed by atoms with Gasteiger partial charge in [-0.3, -0.25) is 0 Å². The van der Waals surface area contributed by atoms with E-state index in [-0.39, 0.29) is 0 Å². The molecular weight excluding hydrogens is 629 g/mol. The van der Waals surface area contributed by atoms with E-state index in [1.807, 2.05) is 72.8 Å². The lowest BCUT2D eigenvalue weighted by molar-refractivity contribution is 0.664. The van der Waals surface area contributed by atoms with Gasteiger partial charge in [0.25, 0.3) is 0 Å². The van der Waals surface area contributed by atoms with Gasteiger partial charge in [0, 0.05) is 55.2 Å². The van der Waals surface area contributed by atoms with Crippen molar-refractivity contribution >= 4 is 65.7 Å². The van der Waals surface area contributed by atoms with E-state index in [1.54, 1.807) is 0 Å². The largest absolute Gasteiger partial charge is 0.456 e. The standard InChI is InChI=1S/C45H26N4O2/c1-3-12-27(13-4-1)43-46-44(28-14-5-2-6-15-28)48-45(47-43)34-19-11-18-33-36-26-40-35(25-41(36)51-42(33)34)32-23-22-29(24-39(32)50-40)49-37-20-9-7-16-30(37)31-17-8-10-21-38(31)49/h1-26H. The summed E-state index contributed by atoms with van der Waals surface area (Å²) in [5, 5.41) is 6.45. The first-order chi connectivity index (χ1) is 25.3. The molecule has 0 bridgehead atoms. The lowest BCUT2D eigenvalue weighted by atomic mass is 10.1. The summed E-state index contributed by atoms with van der Waals surface area (Å²) in [5.41, 5.74) is 9.17. The van der Waals surface area contributed by atoms with Gasteiger partial charge in [0.15, 0.2) is 17.5 Å². The van der Waals surface area contributed by atoms with Gasteiger partial charge in [0.05, 0.1) is 16.6 Å². The fourth-order valence-corrected chi connectivity index (χ4v) is 7.50. The summed E-state index contributed by atoms with van der Waals surface area (Å²) >= 11 is 0. The molecule has 0 saturated carbocycles. The van der Waals surface area contributed by atoms with Crippen molar-refractivity contribution < 1.29 is 8.83 Å². The Morgan fingerprint density at radius 1 is 0.373 bits per heavy atom. The fraction of sp³-hybridized carbons (Fsp3) is 0. The SMILES string of the molecule is c1ccc(-c2nc(-c3ccccc3)nc(-c3cccc4c3oc3cc5c(cc34)oc3cc(-n4c6ccccc6c6ccccc64)ccc35)n2)cc1. The van der Waals surface area contributed by atoms with Crippen molar-refractivity contribution in [3.63, 3.8) is 0 Å². The van der Waals surface area contributed by atoms with Gasteiger partial charge in [0.2, 0.25) is 0 Å². The number of aromatic nitrogens is 4. The average molecular weight is 655 g/mol. The Bertz CT molecular complexity index is 3030. The molecule has 4 aromatic heterocycles. The molecule has 0 N–H and O–H groups in total. The third-order valence-corrected chi connectivity index (χ3v) is 9.85. The van der Waals surface area contributed by atoms with Gasteiger partial charge in [-0.2, -0.15) is 0 Å². The molecule has 0 radical (unpaired) electrons. The van der Waals surface area contributed by atoms with Crippen LogP contribution in [0.4, 0.5) is 0 Å². The van der Waals surface area contributed by atoms with Gasteiger partial charge < -0.3 is 13.4 Å². The Kier molecular flexibility index (Phi) is 5.86. The second kappa shape index (κ2) is 10.7. The summed E-state index contributed by atoms with van der Waals surface area (Å²) in [4.78, 5) is 14.8. The minimum absolute atomic E-state index is 0.555. The smallest absolute Gasteiger partial charge is 0.167 e. The molecule has 7 aromatic carbocycles. The molecule has 0 amide bonds. The molecule has 0 saturated heterocycles. The highest BCUT2D eigenvalue weighted by atomic mass is 16.3. The molecule has 51 heavy (non-hydrogen) atoms. The minimum Gasteiger partial charge on any atom is -0.456 e. The summed E-state index contributed by atoms with van der Waals surface area (Å²) in [5.74, 6) is 1.77. The van der Waals surface area contributed by atoms with Crippen molar-refractivity contribution in [2.75, 3.05) is 0 Å². The number of benzene rings is 7. The van der Waals surface area contributed by atoms with Crippen LogP contribution < -0.4 is 0 Å². The number of nitrogens with zero attached hydrogens (tertiary/aromatic N) is 4. The van der Waals surface area contributed by atoms with Gasteiger partial charge in [-0.15, -0.1) is 0 Å². The molecule has 4 heterocycles. The van der Waals surface area contributed by atoms with E-state index in [1.165, 1.54) is 21.8 Å². The lowest BCUT2D eigenvalue weighted by Crippen LogP contribution is -2.00. The maximum Gasteiger partial charge on any atom is 0.167 e. The lowest BCUT2D eigenvalue weighted by Gasteiger charge is -2.08. The summed E-state index contributed by atoms with van der Waals surface area (Å²) in [7, 11) is 0. The average Bonchev–Trinajstić information content (AvgIpc) is 3.86. The molecule has 6 heteroatoms. The fourth-order valence-electron chi connectivity index (χ4n) is 7.50. The monoisotopic (exact) mass is 654 g/mol. The Hall–Kier alpha value is -7.05. The van der Waals surface area contributed by atoms with Crippen LogP contribution in [-0.2, 0) is 0 Å². The Balaban J connectivity index is 1.08. The third kappa shape index (κ3) is 4.26. The third-order valence-electron chi connectivity index (χ3n) is 9.85. The molecule has 0 aliphatic carbocycles. The van der Waals surface area contributed by atoms with Crippen LogP contribution in [0.2, 0.25) is 0 Å². The van der Waals surface area contributed by atoms with E-state index in [4.69, 9.17) is 23.8 Å². The Morgan fingerprint density at radius 3 is 1.57 bits per heavy atom. The van der Waals surface area contributed by atoms with E-state index < -0.39 is 0 Å². The zero-order valence-corrected chi connectivity index (χ0v) is 27.1. The van der Waals surface area contributed by atoms with Gasteiger partial charge in [-0.1, -0.05) is 109 Å². The number of fused-ring (bicyclic) bond motifs is 9. The highest BCUT2D eigenvalue weighted by Crippen LogP contribution is 2.41. The number of para-hydroxylation sites is 3. The zero-order chi connectivity index (χ0) is 33.5. The number of furan rings is 2. The molecule has 0 atom stereocenters. The number of hydrogen-bond donors (Lipinski definition) is 0. The second-order valence-electron chi connectivity index (χ2n) is 12.8. The normalized spacial score (nSPS) is 11.9. The Morgan fingerprint density at radius 2 is 0.902 bits per heavy atom. The summed E-state index contributed by atoms with van der Waals surface area (Å²) < 4.78 is 15.6. The molecule has 0 unspecified atom stereocenters. The van der Waals surface area contributed by atoms with Crippen molar-refractivity contribution in [1.29, 1.82) is 0 Å². The van der Waals surface area contributed by atoms with Crippen molar-refractivity contribution in [2.45, 2.75) is 0 Å². The van der Waals surface area contributed by atoms with Crippen molar-refractivity contribution in [1.82, 2.24) is 19.5 Å². The molecule has 6 nitrogen and oxygen atoms in total. The van der Waals surface area contributed by atoms with Crippen LogP contribution >= 0.6 is 0 Å². The van der Waals surface area contributed by atoms with Gasteiger partial charge in [-0.25, -0.2) is 15.0 Å². The predicted molar refractivity (Wildman–Crippen MR) is 205 cm³/mol. The van der Waals surface area contributed by atoms with Gasteiger partial charge in [-0.05, 0) is 42.5 Å². The maximum atomic E-state index is 6.69. The quantitative estimate of drug-likeness (QED) is 0.189. The second-order valence-corrected chi connectivity index (χ2v) is 12.8. The molecule has 11 aromatic rings. The van der Waals surface area contributed by atoms with Crippen LogP contribution in [0.25, 0.3) is 106 Å². The van der Waals surface area contributed by atoms with Crippen LogP contribution in [0.5, 0.6) is 0 Å². The molecule has 0 aliphatic heterocycles. The summed E-state index contributed by atoms with van der Waals surface area (Å²) in [6.07, 6.45) is 0. The summed E-state index contributed by atoms with van der Waals surface area (Å²) in [6.45, 7) is 0. The summed E-state index contributed by atoms with van der Waals surface area (Å²) in [6, 6.07) is 53.9. The molecule has 238 valence electrons. The zero-order valence-electron chi connectivity index (χ0n) is 27.1. The number of hydrogen-bond acceptors (Lipinski definition) is 5. The van der Waals surface area contributed by atoms with E-state index in [0.717, 1.165) is 66.3 Å². The molecule has 0 fully saturated rings. The van der Waals surface area contributed by atoms with E-state index >= 15 is 0 Å². The topological polar surface area (TPSA) is 69.9 Å². The molecule has 11 rings (SSSR count). The molecular formula is C45H26N4O2. The first-order valence-electron chi connectivity index (χ1n) is 16.9. The van der Waals surface area contributed by atoms with Crippen LogP contribution in [0.3, 0.4) is 0 Å². The molecule has 0 spiro atoms. The highest BCUT2D eigenvalue weighted by Gasteiger charge is 2.20. The molecule has 0 aliphatic rings. The van der Waals surface area contributed by atoms with Crippen molar-refractivity contribution in [3.8, 4) is 39.9 Å². The Labute approximate surface area is 290 Å². The van der Waals surface area contributed by atoms with Crippen LogP contribution in [0, 0.1) is 0 Å². The number of rotatable bonds is 4.